The molecule has 5 nitrogen and oxygen atoms in total. The standard InChI is InChI=1S/C14H16N2O3/c1-9-6-13(19-11(3)17)7-10(2)14(9)5-4-12(18)8-16-15/h6-8H,4-5H2,1-3H3. The van der Waals surface area contributed by atoms with Crippen LogP contribution in [0.1, 0.15) is 30.0 Å². The zero-order valence-corrected chi connectivity index (χ0v) is 11.3. The Labute approximate surface area is 111 Å². The second-order valence-electron chi connectivity index (χ2n) is 4.34. The highest BCUT2D eigenvalue weighted by Gasteiger charge is 2.10. The average molecular weight is 260 g/mol. The van der Waals surface area contributed by atoms with Gasteiger partial charge in [0.1, 0.15) is 5.75 Å². The van der Waals surface area contributed by atoms with Crippen LogP contribution in [-0.4, -0.2) is 22.8 Å². The molecule has 0 bridgehead atoms. The first-order valence-electron chi connectivity index (χ1n) is 5.93. The Hall–Kier alpha value is -2.26. The van der Waals surface area contributed by atoms with E-state index in [9.17, 15) is 9.59 Å². The molecule has 0 aliphatic carbocycles. The molecule has 0 aliphatic heterocycles. The molecular formula is C14H16N2O3. The van der Waals surface area contributed by atoms with Crippen LogP contribution in [-0.2, 0) is 16.0 Å². The normalized spacial score (nSPS) is 9.63. The minimum Gasteiger partial charge on any atom is -0.427 e. The maximum atomic E-state index is 11.3. The highest BCUT2D eigenvalue weighted by Crippen LogP contribution is 2.23. The van der Waals surface area contributed by atoms with E-state index in [1.54, 1.807) is 12.1 Å². The van der Waals surface area contributed by atoms with Gasteiger partial charge in [0, 0.05) is 13.3 Å². The summed E-state index contributed by atoms with van der Waals surface area (Å²) in [6, 6.07) is 3.54. The summed E-state index contributed by atoms with van der Waals surface area (Å²) in [6.07, 6.45) is 1.74. The molecule has 5 heteroatoms. The lowest BCUT2D eigenvalue weighted by atomic mass is 9.97. The number of carbonyl (C=O) groups is 2. The molecule has 0 aromatic heterocycles. The third-order valence-electron chi connectivity index (χ3n) is 2.75. The highest BCUT2D eigenvalue weighted by molar-refractivity contribution is 6.25. The predicted molar refractivity (Wildman–Crippen MR) is 70.2 cm³/mol. The van der Waals surface area contributed by atoms with Crippen molar-refractivity contribution in [3.05, 3.63) is 34.4 Å². The van der Waals surface area contributed by atoms with E-state index in [0.717, 1.165) is 22.9 Å². The Morgan fingerprint density at radius 2 is 1.89 bits per heavy atom. The summed E-state index contributed by atoms with van der Waals surface area (Å²) in [6.45, 7) is 5.16. The van der Waals surface area contributed by atoms with Crippen molar-refractivity contribution in [3.63, 3.8) is 0 Å². The molecule has 19 heavy (non-hydrogen) atoms. The van der Waals surface area contributed by atoms with Crippen LogP contribution in [0, 0.1) is 13.8 Å². The van der Waals surface area contributed by atoms with Crippen molar-refractivity contribution in [1.82, 2.24) is 0 Å². The Bertz CT molecular complexity index is 535. The van der Waals surface area contributed by atoms with Gasteiger partial charge in [-0.1, -0.05) is 0 Å². The zero-order valence-electron chi connectivity index (χ0n) is 11.3. The zero-order chi connectivity index (χ0) is 14.4. The van der Waals surface area contributed by atoms with Gasteiger partial charge in [0.25, 0.3) is 0 Å². The van der Waals surface area contributed by atoms with Crippen LogP contribution in [0.4, 0.5) is 0 Å². The summed E-state index contributed by atoms with van der Waals surface area (Å²) in [4.78, 5) is 24.9. The lowest BCUT2D eigenvalue weighted by molar-refractivity contribution is -0.131. The van der Waals surface area contributed by atoms with Crippen molar-refractivity contribution in [2.75, 3.05) is 0 Å². The number of rotatable bonds is 5. The molecule has 0 heterocycles. The van der Waals surface area contributed by atoms with Crippen molar-refractivity contribution < 1.29 is 19.1 Å². The number of aryl methyl sites for hydroxylation is 2. The topological polar surface area (TPSA) is 79.8 Å². The van der Waals surface area contributed by atoms with E-state index >= 15 is 0 Å². The van der Waals surface area contributed by atoms with Crippen LogP contribution in [0.15, 0.2) is 12.1 Å². The van der Waals surface area contributed by atoms with Crippen LogP contribution in [0.25, 0.3) is 5.53 Å². The van der Waals surface area contributed by atoms with Crippen LogP contribution in [0.3, 0.4) is 0 Å². The fourth-order valence-electron chi connectivity index (χ4n) is 1.95. The monoisotopic (exact) mass is 260 g/mol. The van der Waals surface area contributed by atoms with Gasteiger partial charge in [-0.15, -0.1) is 0 Å². The molecule has 0 N–H and O–H groups in total. The molecule has 0 saturated carbocycles. The molecule has 0 spiro atoms. The van der Waals surface area contributed by atoms with E-state index in [1.165, 1.54) is 6.92 Å². The molecule has 0 radical (unpaired) electrons. The summed E-state index contributed by atoms with van der Waals surface area (Å²) < 4.78 is 5.03. The Balaban J connectivity index is 2.88. The summed E-state index contributed by atoms with van der Waals surface area (Å²) in [5.41, 5.74) is 11.2. The van der Waals surface area contributed by atoms with Gasteiger partial charge in [-0.05, 0) is 49.1 Å². The number of Topliss-reactive ketones (excluding diaryl/α,β-unsaturated/α-hetero) is 1. The second-order valence-corrected chi connectivity index (χ2v) is 4.34. The quantitative estimate of drug-likeness (QED) is 0.267. The number of hydrogen-bond donors (Lipinski definition) is 0. The number of ether oxygens (including phenoxy) is 1. The van der Waals surface area contributed by atoms with Crippen molar-refractivity contribution in [2.24, 2.45) is 0 Å². The van der Waals surface area contributed by atoms with Crippen molar-refractivity contribution in [1.29, 1.82) is 0 Å². The number of benzene rings is 1. The van der Waals surface area contributed by atoms with Crippen molar-refractivity contribution in [3.8, 4) is 5.75 Å². The Kier molecular flexibility index (Phi) is 5.15. The summed E-state index contributed by atoms with van der Waals surface area (Å²) in [5.74, 6) is -0.0826. The smallest absolute Gasteiger partial charge is 0.323 e. The van der Waals surface area contributed by atoms with E-state index in [0.29, 0.717) is 12.2 Å². The van der Waals surface area contributed by atoms with Gasteiger partial charge >= 0.3 is 12.2 Å². The van der Waals surface area contributed by atoms with Gasteiger partial charge in [-0.25, -0.2) is 0 Å². The Morgan fingerprint density at radius 3 is 2.37 bits per heavy atom. The number of ketones is 1. The largest absolute Gasteiger partial charge is 0.427 e. The number of carbonyl (C=O) groups excluding carboxylic acids is 2. The SMILES string of the molecule is CC(=O)Oc1cc(C)c(CCC(=O)C=[N+]=[N-])c(C)c1. The van der Waals surface area contributed by atoms with Crippen molar-refractivity contribution >= 4 is 18.0 Å². The molecular weight excluding hydrogens is 244 g/mol. The molecule has 1 aromatic carbocycles. The third-order valence-corrected chi connectivity index (χ3v) is 2.75. The van der Waals surface area contributed by atoms with Gasteiger partial charge in [0.15, 0.2) is 0 Å². The summed E-state index contributed by atoms with van der Waals surface area (Å²) >= 11 is 0. The van der Waals surface area contributed by atoms with Crippen LogP contribution >= 0.6 is 0 Å². The van der Waals surface area contributed by atoms with E-state index in [-0.39, 0.29) is 18.2 Å². The second kappa shape index (κ2) is 6.61. The van der Waals surface area contributed by atoms with Crippen LogP contribution in [0.5, 0.6) is 5.75 Å². The first kappa shape index (κ1) is 14.8. The third kappa shape index (κ3) is 4.48. The number of esters is 1. The van der Waals surface area contributed by atoms with Gasteiger partial charge in [0.05, 0.1) is 0 Å². The van der Waals surface area contributed by atoms with Crippen LogP contribution < -0.4 is 4.74 Å². The van der Waals surface area contributed by atoms with E-state index in [2.05, 4.69) is 4.79 Å². The van der Waals surface area contributed by atoms with Gasteiger partial charge < -0.3 is 10.3 Å². The van der Waals surface area contributed by atoms with E-state index < -0.39 is 0 Å². The lowest BCUT2D eigenvalue weighted by Gasteiger charge is -2.11. The maximum absolute atomic E-state index is 11.3. The molecule has 0 saturated heterocycles. The first-order chi connectivity index (χ1) is 8.93. The fraction of sp³-hybridized carbons (Fsp3) is 0.357. The molecule has 0 atom stereocenters. The number of hydrogen-bond acceptors (Lipinski definition) is 3. The van der Waals surface area contributed by atoms with Gasteiger partial charge in [-0.3, -0.25) is 9.59 Å². The molecule has 0 unspecified atom stereocenters. The molecule has 1 aromatic rings. The molecule has 0 aliphatic rings. The molecule has 1 rings (SSSR count). The van der Waals surface area contributed by atoms with Crippen LogP contribution in [0.2, 0.25) is 0 Å². The minimum atomic E-state index is -0.360. The van der Waals surface area contributed by atoms with E-state index in [1.807, 2.05) is 13.8 Å². The Morgan fingerprint density at radius 1 is 1.32 bits per heavy atom. The predicted octanol–water partition coefficient (Wildman–Crippen LogP) is 2.03. The maximum Gasteiger partial charge on any atom is 0.323 e. The molecule has 0 fully saturated rings. The van der Waals surface area contributed by atoms with Crippen molar-refractivity contribution in [2.45, 2.75) is 33.6 Å². The average Bonchev–Trinajstić information content (AvgIpc) is 2.27. The lowest BCUT2D eigenvalue weighted by Crippen LogP contribution is -2.06. The number of nitrogens with zero attached hydrogens (tertiary/aromatic N) is 2. The molecule has 100 valence electrons. The van der Waals surface area contributed by atoms with Gasteiger partial charge in [0.2, 0.25) is 5.78 Å². The van der Waals surface area contributed by atoms with E-state index in [4.69, 9.17) is 10.3 Å². The highest BCUT2D eigenvalue weighted by atomic mass is 16.5. The van der Waals surface area contributed by atoms with Gasteiger partial charge in [-0.2, -0.15) is 4.79 Å². The summed E-state index contributed by atoms with van der Waals surface area (Å²) in [5, 5.41) is 0. The fourth-order valence-corrected chi connectivity index (χ4v) is 1.95. The summed E-state index contributed by atoms with van der Waals surface area (Å²) in [7, 11) is 0. The minimum absolute atomic E-state index is 0.231. The first-order valence-corrected chi connectivity index (χ1v) is 5.93. The molecule has 0 amide bonds.